The molecule has 4 nitrogen and oxygen atoms in total. The molecule has 34 heavy (non-hydrogen) atoms. The van der Waals surface area contributed by atoms with Crippen molar-refractivity contribution in [1.82, 2.24) is 0 Å². The highest BCUT2D eigenvalue weighted by Gasteiger charge is 2.21. The zero-order valence-electron chi connectivity index (χ0n) is 20.5. The lowest BCUT2D eigenvalue weighted by Gasteiger charge is -2.24. The third-order valence-corrected chi connectivity index (χ3v) is 6.01. The van der Waals surface area contributed by atoms with Crippen molar-refractivity contribution in [3.63, 3.8) is 0 Å². The molecule has 0 unspecified atom stereocenters. The first-order valence-corrected chi connectivity index (χ1v) is 11.5. The van der Waals surface area contributed by atoms with E-state index in [4.69, 9.17) is 9.47 Å². The lowest BCUT2D eigenvalue weighted by molar-refractivity contribution is -0.141. The molecular formula is C29H33FO4. The number of hydrogen-bond acceptors (Lipinski definition) is 3. The first-order chi connectivity index (χ1) is 16.1. The maximum absolute atomic E-state index is 14.8. The van der Waals surface area contributed by atoms with E-state index in [0.29, 0.717) is 36.5 Å². The molecule has 0 saturated carbocycles. The summed E-state index contributed by atoms with van der Waals surface area (Å²) in [7, 11) is 1.57. The van der Waals surface area contributed by atoms with Crippen LogP contribution in [0.2, 0.25) is 0 Å². The molecule has 0 aliphatic carbocycles. The predicted octanol–water partition coefficient (Wildman–Crippen LogP) is 7.03. The topological polar surface area (TPSA) is 55.8 Å². The first kappa shape index (κ1) is 25.3. The molecular weight excluding hydrogens is 431 g/mol. The summed E-state index contributed by atoms with van der Waals surface area (Å²) in [6, 6.07) is 18.3. The molecule has 0 saturated heterocycles. The van der Waals surface area contributed by atoms with E-state index in [9.17, 15) is 14.3 Å². The van der Waals surface area contributed by atoms with Gasteiger partial charge in [0.25, 0.3) is 0 Å². The number of methoxy groups -OCH3 is 1. The summed E-state index contributed by atoms with van der Waals surface area (Å²) in [4.78, 5) is 11.3. The number of hydrogen-bond donors (Lipinski definition) is 1. The van der Waals surface area contributed by atoms with E-state index in [1.165, 1.54) is 6.07 Å². The summed E-state index contributed by atoms with van der Waals surface area (Å²) in [6.07, 6.45) is 1.09. The Morgan fingerprint density at radius 2 is 1.59 bits per heavy atom. The highest BCUT2D eigenvalue weighted by molar-refractivity contribution is 5.71. The molecule has 0 fully saturated rings. The van der Waals surface area contributed by atoms with Crippen LogP contribution < -0.4 is 9.47 Å². The van der Waals surface area contributed by atoms with Crippen LogP contribution in [0.15, 0.2) is 60.7 Å². The molecule has 3 aromatic carbocycles. The van der Waals surface area contributed by atoms with E-state index in [2.05, 4.69) is 20.8 Å². The fraction of sp³-hybridized carbons (Fsp3) is 0.345. The second-order valence-electron chi connectivity index (χ2n) is 9.56. The van der Waals surface area contributed by atoms with E-state index in [1.54, 1.807) is 19.2 Å². The normalized spacial score (nSPS) is 12.3. The summed E-state index contributed by atoms with van der Waals surface area (Å²) in [6.45, 7) is 8.53. The van der Waals surface area contributed by atoms with Gasteiger partial charge < -0.3 is 14.6 Å². The van der Waals surface area contributed by atoms with Crippen molar-refractivity contribution in [2.75, 3.05) is 7.11 Å². The second kappa shape index (κ2) is 10.7. The van der Waals surface area contributed by atoms with Crippen LogP contribution >= 0.6 is 0 Å². The molecule has 3 aromatic rings. The molecule has 1 atom stereocenters. The van der Waals surface area contributed by atoms with Gasteiger partial charge in [-0.3, -0.25) is 4.79 Å². The van der Waals surface area contributed by atoms with Crippen LogP contribution in [-0.2, 0) is 23.2 Å². The number of benzene rings is 3. The zero-order chi connectivity index (χ0) is 24.9. The quantitative estimate of drug-likeness (QED) is 0.369. The van der Waals surface area contributed by atoms with Crippen LogP contribution in [0.4, 0.5) is 4.39 Å². The summed E-state index contributed by atoms with van der Waals surface area (Å²) in [5, 5.41) is 9.27. The molecule has 1 N–H and O–H groups in total. The summed E-state index contributed by atoms with van der Waals surface area (Å²) in [5.74, 6) is -0.160. The Bertz CT molecular complexity index is 1130. The first-order valence-electron chi connectivity index (χ1n) is 11.5. The van der Waals surface area contributed by atoms with Crippen LogP contribution in [-0.4, -0.2) is 18.2 Å². The lowest BCUT2D eigenvalue weighted by Crippen LogP contribution is -2.15. The van der Waals surface area contributed by atoms with Gasteiger partial charge in [0.15, 0.2) is 0 Å². The zero-order valence-corrected chi connectivity index (χ0v) is 20.5. The monoisotopic (exact) mass is 464 g/mol. The standard InChI is InChI=1S/C29H33FO4/c1-6-21(28(31)32)15-19-7-10-22(11-8-19)34-18-20-9-13-26(29(2,3)4)24(16-20)25-17-23(33-5)12-14-27(25)30/h7-14,16-17,21H,6,15,18H2,1-5H3,(H,31,32)/t21-/m0/s1. The van der Waals surface area contributed by atoms with Gasteiger partial charge in [0.2, 0.25) is 0 Å². The minimum atomic E-state index is -0.773. The Morgan fingerprint density at radius 1 is 0.941 bits per heavy atom. The van der Waals surface area contributed by atoms with Crippen molar-refractivity contribution >= 4 is 5.97 Å². The fourth-order valence-electron chi connectivity index (χ4n) is 3.98. The van der Waals surface area contributed by atoms with Gasteiger partial charge in [-0.2, -0.15) is 0 Å². The number of ether oxygens (including phenoxy) is 2. The smallest absolute Gasteiger partial charge is 0.306 e. The maximum atomic E-state index is 14.8. The van der Waals surface area contributed by atoms with Crippen molar-refractivity contribution in [1.29, 1.82) is 0 Å². The Balaban J connectivity index is 1.82. The van der Waals surface area contributed by atoms with Gasteiger partial charge in [0, 0.05) is 5.56 Å². The molecule has 0 heterocycles. The van der Waals surface area contributed by atoms with Crippen LogP contribution in [0.3, 0.4) is 0 Å². The van der Waals surface area contributed by atoms with Gasteiger partial charge in [0.05, 0.1) is 13.0 Å². The molecule has 0 aliphatic rings. The Labute approximate surface area is 201 Å². The maximum Gasteiger partial charge on any atom is 0.306 e. The minimum absolute atomic E-state index is 0.174. The molecule has 180 valence electrons. The Hall–Kier alpha value is -3.34. The summed E-state index contributed by atoms with van der Waals surface area (Å²) >= 11 is 0. The van der Waals surface area contributed by atoms with Crippen LogP contribution in [0.1, 0.15) is 50.8 Å². The van der Waals surface area contributed by atoms with Crippen molar-refractivity contribution in [2.24, 2.45) is 5.92 Å². The summed E-state index contributed by atoms with van der Waals surface area (Å²) in [5.41, 5.74) is 4.07. The molecule has 5 heteroatoms. The number of carboxylic acids is 1. The molecule has 0 spiro atoms. The number of aliphatic carboxylic acids is 1. The molecule has 0 aromatic heterocycles. The van der Waals surface area contributed by atoms with E-state index >= 15 is 0 Å². The van der Waals surface area contributed by atoms with Crippen molar-refractivity contribution in [3.8, 4) is 22.6 Å². The number of carboxylic acid groups (broad SMARTS) is 1. The molecule has 0 bridgehead atoms. The third-order valence-electron chi connectivity index (χ3n) is 6.01. The van der Waals surface area contributed by atoms with Crippen molar-refractivity contribution in [2.45, 2.75) is 52.6 Å². The highest BCUT2D eigenvalue weighted by atomic mass is 19.1. The Kier molecular flexibility index (Phi) is 7.98. The molecule has 0 amide bonds. The molecule has 0 radical (unpaired) electrons. The van der Waals surface area contributed by atoms with Crippen molar-refractivity contribution < 1.29 is 23.8 Å². The van der Waals surface area contributed by atoms with Gasteiger partial charge in [-0.25, -0.2) is 4.39 Å². The SMILES string of the molecule is CC[C@@H](Cc1ccc(OCc2ccc(C(C)(C)C)c(-c3cc(OC)ccc3F)c2)cc1)C(=O)O. The Morgan fingerprint density at radius 3 is 2.18 bits per heavy atom. The minimum Gasteiger partial charge on any atom is -0.497 e. The van der Waals surface area contributed by atoms with Crippen molar-refractivity contribution in [3.05, 3.63) is 83.2 Å². The van der Waals surface area contributed by atoms with Gasteiger partial charge in [-0.1, -0.05) is 52.0 Å². The fourth-order valence-corrected chi connectivity index (χ4v) is 3.98. The average Bonchev–Trinajstić information content (AvgIpc) is 2.81. The van der Waals surface area contributed by atoms with E-state index in [0.717, 1.165) is 22.3 Å². The van der Waals surface area contributed by atoms with Crippen LogP contribution in [0, 0.1) is 11.7 Å². The van der Waals surface area contributed by atoms with Gasteiger partial charge in [-0.05, 0) is 76.9 Å². The van der Waals surface area contributed by atoms with Crippen LogP contribution in [0.5, 0.6) is 11.5 Å². The third kappa shape index (κ3) is 6.16. The number of halogens is 1. The highest BCUT2D eigenvalue weighted by Crippen LogP contribution is 2.36. The van der Waals surface area contributed by atoms with E-state index in [1.807, 2.05) is 49.4 Å². The number of rotatable bonds is 9. The second-order valence-corrected chi connectivity index (χ2v) is 9.56. The predicted molar refractivity (Wildman–Crippen MR) is 133 cm³/mol. The van der Waals surface area contributed by atoms with Gasteiger partial charge in [0.1, 0.15) is 23.9 Å². The molecule has 0 aliphatic heterocycles. The average molecular weight is 465 g/mol. The largest absolute Gasteiger partial charge is 0.497 e. The van der Waals surface area contributed by atoms with Crippen LogP contribution in [0.25, 0.3) is 11.1 Å². The lowest BCUT2D eigenvalue weighted by atomic mass is 9.81. The number of carbonyl (C=O) groups is 1. The van der Waals surface area contributed by atoms with E-state index < -0.39 is 5.97 Å². The van der Waals surface area contributed by atoms with Gasteiger partial charge in [-0.15, -0.1) is 0 Å². The summed E-state index contributed by atoms with van der Waals surface area (Å²) < 4.78 is 26.1. The van der Waals surface area contributed by atoms with Gasteiger partial charge >= 0.3 is 5.97 Å². The van der Waals surface area contributed by atoms with E-state index in [-0.39, 0.29) is 17.2 Å². The molecule has 3 rings (SSSR count).